The molecule has 0 radical (unpaired) electrons. The molecule has 9 heteroatoms. The summed E-state index contributed by atoms with van der Waals surface area (Å²) in [4.78, 5) is 15.2. The number of nitrogens with two attached hydrogens (primary N) is 1. The average Bonchev–Trinajstić information content (AvgIpc) is 3.28. The van der Waals surface area contributed by atoms with Crippen molar-refractivity contribution in [1.82, 2.24) is 4.90 Å². The van der Waals surface area contributed by atoms with Crippen molar-refractivity contribution in [2.45, 2.75) is 12.6 Å². The van der Waals surface area contributed by atoms with Gasteiger partial charge < -0.3 is 20.1 Å². The maximum atomic E-state index is 14.4. The summed E-state index contributed by atoms with van der Waals surface area (Å²) in [6.45, 7) is 0.554. The van der Waals surface area contributed by atoms with E-state index < -0.39 is 18.0 Å². The monoisotopic (exact) mass is 506 g/mol. The molecule has 3 aromatic carbocycles. The Morgan fingerprint density at radius 1 is 1.11 bits per heavy atom. The third-order valence-corrected chi connectivity index (χ3v) is 6.49. The third kappa shape index (κ3) is 6.18. The molecule has 1 aromatic heterocycles. The molecule has 0 bridgehead atoms. The lowest BCUT2D eigenvalue weighted by Crippen LogP contribution is -2.22. The lowest BCUT2D eigenvalue weighted by molar-refractivity contribution is 0.0908. The Bertz CT molecular complexity index is 1370. The number of carbonyl (C=O) groups excluding carboxylic acids is 1. The fourth-order valence-electron chi connectivity index (χ4n) is 3.74. The van der Waals surface area contributed by atoms with Crippen molar-refractivity contribution in [2.75, 3.05) is 26.0 Å². The molecule has 1 atom stereocenters. The second-order valence-corrected chi connectivity index (χ2v) is 9.56. The number of ether oxygens (including phenoxy) is 2. The van der Waals surface area contributed by atoms with E-state index >= 15 is 0 Å². The summed E-state index contributed by atoms with van der Waals surface area (Å²) in [5.41, 5.74) is 8.01. The van der Waals surface area contributed by atoms with Gasteiger partial charge in [-0.25, -0.2) is 9.18 Å². The molecule has 0 aliphatic heterocycles. The molecule has 4 rings (SSSR count). The van der Waals surface area contributed by atoms with Crippen LogP contribution in [0.3, 0.4) is 0 Å². The van der Waals surface area contributed by atoms with Gasteiger partial charge in [0, 0.05) is 28.4 Å². The molecule has 1 unspecified atom stereocenters. The van der Waals surface area contributed by atoms with Crippen molar-refractivity contribution in [2.24, 2.45) is 5.73 Å². The van der Waals surface area contributed by atoms with Crippen molar-refractivity contribution in [3.05, 3.63) is 94.6 Å². The Labute approximate surface area is 212 Å². The van der Waals surface area contributed by atoms with Gasteiger partial charge in [0.05, 0.1) is 4.88 Å². The largest absolute Gasteiger partial charge is 0.481 e. The summed E-state index contributed by atoms with van der Waals surface area (Å²) in [5.74, 6) is -0.294. The van der Waals surface area contributed by atoms with Crippen LogP contribution in [0.4, 0.5) is 14.9 Å². The van der Waals surface area contributed by atoms with Gasteiger partial charge in [0.25, 0.3) is 0 Å². The van der Waals surface area contributed by atoms with Crippen molar-refractivity contribution in [1.29, 1.82) is 5.41 Å². The molecule has 0 aliphatic carbocycles. The molecular formula is C27H27FN4O3S. The molecule has 0 aliphatic rings. The van der Waals surface area contributed by atoms with E-state index in [2.05, 4.69) is 5.32 Å². The number of fused-ring (bicyclic) bond motifs is 1. The van der Waals surface area contributed by atoms with Gasteiger partial charge >= 0.3 is 6.09 Å². The first kappa shape index (κ1) is 25.2. The van der Waals surface area contributed by atoms with E-state index in [0.717, 1.165) is 11.1 Å². The molecule has 36 heavy (non-hydrogen) atoms. The number of anilines is 1. The van der Waals surface area contributed by atoms with Crippen LogP contribution in [0.1, 0.15) is 22.1 Å². The van der Waals surface area contributed by atoms with Crippen molar-refractivity contribution >= 4 is 39.0 Å². The van der Waals surface area contributed by atoms with Crippen LogP contribution in [0.25, 0.3) is 10.1 Å². The fraction of sp³-hybridized carbons (Fsp3) is 0.185. The van der Waals surface area contributed by atoms with E-state index in [9.17, 15) is 9.18 Å². The Kier molecular flexibility index (Phi) is 7.82. The minimum Gasteiger partial charge on any atom is -0.481 e. The summed E-state index contributed by atoms with van der Waals surface area (Å²) in [6, 6.07) is 21.2. The van der Waals surface area contributed by atoms with E-state index in [4.69, 9.17) is 20.6 Å². The topological polar surface area (TPSA) is 101 Å². The Hall–Kier alpha value is -3.95. The molecule has 1 amide bonds. The van der Waals surface area contributed by atoms with E-state index in [1.165, 1.54) is 23.5 Å². The Morgan fingerprint density at radius 2 is 1.83 bits per heavy atom. The average molecular weight is 507 g/mol. The third-order valence-electron chi connectivity index (χ3n) is 5.38. The van der Waals surface area contributed by atoms with Crippen LogP contribution in [0.2, 0.25) is 0 Å². The first-order valence-corrected chi connectivity index (χ1v) is 12.1. The van der Waals surface area contributed by atoms with Crippen LogP contribution in [0, 0.1) is 11.2 Å². The molecule has 0 spiro atoms. The number of amides is 1. The number of hydrogen-bond donors (Lipinski definition) is 3. The van der Waals surface area contributed by atoms with Gasteiger partial charge in [-0.15, -0.1) is 11.3 Å². The number of halogens is 1. The van der Waals surface area contributed by atoms with Gasteiger partial charge in [-0.1, -0.05) is 48.5 Å². The second-order valence-electron chi connectivity index (χ2n) is 8.48. The van der Waals surface area contributed by atoms with Crippen LogP contribution >= 0.6 is 11.3 Å². The van der Waals surface area contributed by atoms with Crippen molar-refractivity contribution in [3.63, 3.8) is 0 Å². The number of nitrogens with zero attached hydrogens (tertiary/aromatic N) is 1. The number of hydrogen-bond acceptors (Lipinski definition) is 6. The number of benzene rings is 3. The molecule has 0 saturated carbocycles. The maximum absolute atomic E-state index is 14.4. The maximum Gasteiger partial charge on any atom is 0.411 e. The smallest absolute Gasteiger partial charge is 0.411 e. The molecule has 0 fully saturated rings. The highest BCUT2D eigenvalue weighted by Gasteiger charge is 2.20. The van der Waals surface area contributed by atoms with Gasteiger partial charge in [0.2, 0.25) is 0 Å². The van der Waals surface area contributed by atoms with Gasteiger partial charge in [0.1, 0.15) is 24.0 Å². The zero-order chi connectivity index (χ0) is 25.7. The minimum absolute atomic E-state index is 0.100. The minimum atomic E-state index is -0.695. The highest BCUT2D eigenvalue weighted by Crippen LogP contribution is 2.36. The van der Waals surface area contributed by atoms with E-state index in [1.807, 2.05) is 73.6 Å². The lowest BCUT2D eigenvalue weighted by Gasteiger charge is -2.21. The number of nitrogen functional groups attached to an aromatic ring is 1. The molecule has 1 heterocycles. The first-order chi connectivity index (χ1) is 17.3. The van der Waals surface area contributed by atoms with Gasteiger partial charge in [-0.05, 0) is 43.4 Å². The number of thiophene rings is 1. The SMILES string of the molecule is CN(C)Cc1ccccc1NC(=O)OCC(Oc1cc(F)cc2sc(C(=N)N)cc12)c1ccccc1. The molecule has 7 nitrogen and oxygen atoms in total. The number of rotatable bonds is 9. The molecule has 186 valence electrons. The fourth-order valence-corrected chi connectivity index (χ4v) is 4.71. The molecular weight excluding hydrogens is 479 g/mol. The van der Waals surface area contributed by atoms with Crippen molar-refractivity contribution in [3.8, 4) is 5.75 Å². The quantitative estimate of drug-likeness (QED) is 0.198. The normalized spacial score (nSPS) is 11.9. The van der Waals surface area contributed by atoms with Gasteiger partial charge in [0.15, 0.2) is 6.10 Å². The van der Waals surface area contributed by atoms with Crippen LogP contribution < -0.4 is 15.8 Å². The van der Waals surface area contributed by atoms with E-state index in [1.54, 1.807) is 6.07 Å². The molecule has 0 saturated heterocycles. The van der Waals surface area contributed by atoms with Crippen LogP contribution in [-0.4, -0.2) is 37.5 Å². The molecule has 4 aromatic rings. The summed E-state index contributed by atoms with van der Waals surface area (Å²) in [6.07, 6.45) is -1.32. The lowest BCUT2D eigenvalue weighted by atomic mass is 10.1. The molecule has 4 N–H and O–H groups in total. The highest BCUT2D eigenvalue weighted by molar-refractivity contribution is 7.20. The summed E-state index contributed by atoms with van der Waals surface area (Å²) < 4.78 is 26.8. The zero-order valence-corrected chi connectivity index (χ0v) is 20.8. The Morgan fingerprint density at radius 3 is 2.56 bits per heavy atom. The van der Waals surface area contributed by atoms with Gasteiger partial charge in [-0.3, -0.25) is 10.7 Å². The predicted octanol–water partition coefficient (Wildman–Crippen LogP) is 5.75. The summed E-state index contributed by atoms with van der Waals surface area (Å²) in [5, 5.41) is 11.1. The van der Waals surface area contributed by atoms with E-state index in [0.29, 0.717) is 27.2 Å². The number of para-hydroxylation sites is 1. The number of amidine groups is 1. The van der Waals surface area contributed by atoms with Crippen LogP contribution in [-0.2, 0) is 11.3 Å². The van der Waals surface area contributed by atoms with E-state index in [-0.39, 0.29) is 18.2 Å². The highest BCUT2D eigenvalue weighted by atomic mass is 32.1. The van der Waals surface area contributed by atoms with Crippen LogP contribution in [0.5, 0.6) is 5.75 Å². The number of nitrogens with one attached hydrogen (secondary N) is 2. The van der Waals surface area contributed by atoms with Crippen molar-refractivity contribution < 1.29 is 18.7 Å². The summed E-state index contributed by atoms with van der Waals surface area (Å²) >= 11 is 1.21. The Balaban J connectivity index is 1.55. The summed E-state index contributed by atoms with van der Waals surface area (Å²) in [7, 11) is 3.90. The van der Waals surface area contributed by atoms with Gasteiger partial charge in [-0.2, -0.15) is 0 Å². The predicted molar refractivity (Wildman–Crippen MR) is 141 cm³/mol. The number of carbonyl (C=O) groups is 1. The first-order valence-electron chi connectivity index (χ1n) is 11.3. The second kappa shape index (κ2) is 11.2. The van der Waals surface area contributed by atoms with Crippen LogP contribution in [0.15, 0.2) is 72.8 Å². The standard InChI is InChI=1S/C27H27FN4O3S/c1-32(2)15-18-10-6-7-11-21(18)31-27(33)34-16-23(17-8-4-3-5-9-17)35-22-12-19(28)13-24-20(22)14-25(36-24)26(29)30/h3-14,23H,15-16H2,1-2H3,(H3,29,30)(H,31,33). The zero-order valence-electron chi connectivity index (χ0n) is 20.0.